The number of benzene rings is 2. The van der Waals surface area contributed by atoms with Crippen LogP contribution in [-0.2, 0) is 11.3 Å². The molecule has 0 unspecified atom stereocenters. The average Bonchev–Trinajstić information content (AvgIpc) is 2.79. The van der Waals surface area contributed by atoms with Gasteiger partial charge in [0.05, 0.1) is 19.3 Å². The number of amides is 1. The summed E-state index contributed by atoms with van der Waals surface area (Å²) in [5.41, 5.74) is 1.62. The number of nitrogens with zero attached hydrogens (tertiary/aromatic N) is 3. The molecule has 0 spiro atoms. The Labute approximate surface area is 176 Å². The van der Waals surface area contributed by atoms with Crippen molar-refractivity contribution in [1.82, 2.24) is 15.5 Å². The molecule has 0 radical (unpaired) electrons. The molecule has 1 saturated heterocycles. The fourth-order valence-electron chi connectivity index (χ4n) is 3.37. The predicted octanol–water partition coefficient (Wildman–Crippen LogP) is 1.85. The van der Waals surface area contributed by atoms with Gasteiger partial charge in [-0.05, 0) is 29.8 Å². The first-order valence-electron chi connectivity index (χ1n) is 9.95. The molecule has 30 heavy (non-hydrogen) atoms. The number of hydrogen-bond acceptors (Lipinski definition) is 4. The molecule has 1 heterocycles. The van der Waals surface area contributed by atoms with Crippen molar-refractivity contribution in [2.45, 2.75) is 6.54 Å². The third-order valence-electron chi connectivity index (χ3n) is 5.04. The first kappa shape index (κ1) is 21.4. The van der Waals surface area contributed by atoms with E-state index in [0.717, 1.165) is 11.3 Å². The van der Waals surface area contributed by atoms with E-state index in [-0.39, 0.29) is 18.3 Å². The number of ether oxygens (including phenoxy) is 1. The zero-order valence-corrected chi connectivity index (χ0v) is 17.4. The standard InChI is InChI=1S/C22H28FN5O2/c1-24-22(26-16-21(29)25-15-17-7-9-18(30-2)10-8-17)28-13-11-27(12-14-28)20-6-4-3-5-19(20)23/h3-10H,11-16H2,1-2H3,(H,24,26)(H,25,29). The Morgan fingerprint density at radius 2 is 1.77 bits per heavy atom. The van der Waals surface area contributed by atoms with Crippen LogP contribution in [0.3, 0.4) is 0 Å². The van der Waals surface area contributed by atoms with Gasteiger partial charge in [0.1, 0.15) is 11.6 Å². The summed E-state index contributed by atoms with van der Waals surface area (Å²) in [6.07, 6.45) is 0. The predicted molar refractivity (Wildman–Crippen MR) is 116 cm³/mol. The van der Waals surface area contributed by atoms with Gasteiger partial charge in [-0.25, -0.2) is 4.39 Å². The molecule has 2 N–H and O–H groups in total. The second-order valence-corrected chi connectivity index (χ2v) is 6.95. The van der Waals surface area contributed by atoms with Gasteiger partial charge in [-0.15, -0.1) is 0 Å². The molecule has 0 atom stereocenters. The minimum Gasteiger partial charge on any atom is -0.497 e. The van der Waals surface area contributed by atoms with Crippen molar-refractivity contribution in [3.8, 4) is 5.75 Å². The number of aliphatic imine (C=N–C) groups is 1. The lowest BCUT2D eigenvalue weighted by Gasteiger charge is -2.37. The normalized spacial score (nSPS) is 14.4. The minimum atomic E-state index is -0.206. The summed E-state index contributed by atoms with van der Waals surface area (Å²) in [6, 6.07) is 14.4. The number of para-hydroxylation sites is 1. The molecule has 1 amide bonds. The molecule has 8 heteroatoms. The number of piperazine rings is 1. The van der Waals surface area contributed by atoms with Crippen molar-refractivity contribution in [2.24, 2.45) is 4.99 Å². The molecule has 1 fully saturated rings. The van der Waals surface area contributed by atoms with Gasteiger partial charge in [-0.3, -0.25) is 9.79 Å². The van der Waals surface area contributed by atoms with Crippen LogP contribution in [0.4, 0.5) is 10.1 Å². The summed E-state index contributed by atoms with van der Waals surface area (Å²) in [5.74, 6) is 1.13. The Kier molecular flexibility index (Phi) is 7.48. The molecule has 1 aliphatic heterocycles. The lowest BCUT2D eigenvalue weighted by atomic mass is 10.2. The Morgan fingerprint density at radius 1 is 1.07 bits per heavy atom. The number of carbonyl (C=O) groups excluding carboxylic acids is 1. The minimum absolute atomic E-state index is 0.114. The average molecular weight is 413 g/mol. The molecule has 0 aliphatic carbocycles. The fraction of sp³-hybridized carbons (Fsp3) is 0.364. The second kappa shape index (κ2) is 10.5. The van der Waals surface area contributed by atoms with E-state index in [1.165, 1.54) is 6.07 Å². The first-order valence-corrected chi connectivity index (χ1v) is 9.95. The number of halogens is 1. The van der Waals surface area contributed by atoms with E-state index >= 15 is 0 Å². The van der Waals surface area contributed by atoms with E-state index in [1.807, 2.05) is 35.2 Å². The third-order valence-corrected chi connectivity index (χ3v) is 5.04. The number of anilines is 1. The van der Waals surface area contributed by atoms with Gasteiger partial charge >= 0.3 is 0 Å². The number of guanidine groups is 1. The molecule has 7 nitrogen and oxygen atoms in total. The summed E-state index contributed by atoms with van der Waals surface area (Å²) >= 11 is 0. The van der Waals surface area contributed by atoms with Gasteiger partial charge in [0.15, 0.2) is 5.96 Å². The molecule has 2 aromatic rings. The maximum Gasteiger partial charge on any atom is 0.239 e. The van der Waals surface area contributed by atoms with Crippen LogP contribution in [-0.4, -0.2) is 63.6 Å². The van der Waals surface area contributed by atoms with Crippen molar-refractivity contribution < 1.29 is 13.9 Å². The topological polar surface area (TPSA) is 69.2 Å². The van der Waals surface area contributed by atoms with Gasteiger partial charge in [-0.2, -0.15) is 0 Å². The Morgan fingerprint density at radius 3 is 2.40 bits per heavy atom. The van der Waals surface area contributed by atoms with Crippen molar-refractivity contribution in [2.75, 3.05) is 51.8 Å². The number of rotatable bonds is 6. The fourth-order valence-corrected chi connectivity index (χ4v) is 3.37. The Bertz CT molecular complexity index is 864. The van der Waals surface area contributed by atoms with Crippen LogP contribution in [0.2, 0.25) is 0 Å². The van der Waals surface area contributed by atoms with Gasteiger partial charge in [0, 0.05) is 39.8 Å². The third kappa shape index (κ3) is 5.62. The van der Waals surface area contributed by atoms with Crippen LogP contribution in [0.25, 0.3) is 0 Å². The van der Waals surface area contributed by atoms with Gasteiger partial charge in [0.25, 0.3) is 0 Å². The molecule has 0 saturated carbocycles. The second-order valence-electron chi connectivity index (χ2n) is 6.95. The Balaban J connectivity index is 1.43. The molecule has 1 aliphatic rings. The van der Waals surface area contributed by atoms with Crippen LogP contribution in [0.1, 0.15) is 5.56 Å². The maximum atomic E-state index is 14.0. The molecule has 0 bridgehead atoms. The van der Waals surface area contributed by atoms with E-state index < -0.39 is 0 Å². The largest absolute Gasteiger partial charge is 0.497 e. The van der Waals surface area contributed by atoms with Crippen LogP contribution >= 0.6 is 0 Å². The van der Waals surface area contributed by atoms with Crippen LogP contribution in [0.15, 0.2) is 53.5 Å². The van der Waals surface area contributed by atoms with Crippen molar-refractivity contribution in [1.29, 1.82) is 0 Å². The SMILES string of the molecule is CN=C(NCC(=O)NCc1ccc(OC)cc1)N1CCN(c2ccccc2F)CC1. The molecule has 3 rings (SSSR count). The lowest BCUT2D eigenvalue weighted by molar-refractivity contribution is -0.120. The monoisotopic (exact) mass is 413 g/mol. The molecule has 2 aromatic carbocycles. The highest BCUT2D eigenvalue weighted by atomic mass is 19.1. The van der Waals surface area contributed by atoms with E-state index in [2.05, 4.69) is 20.5 Å². The van der Waals surface area contributed by atoms with Crippen LogP contribution in [0.5, 0.6) is 5.75 Å². The molecular formula is C22H28FN5O2. The van der Waals surface area contributed by atoms with Gasteiger partial charge in [0.2, 0.25) is 5.91 Å². The quantitative estimate of drug-likeness (QED) is 0.559. The van der Waals surface area contributed by atoms with Gasteiger partial charge in [-0.1, -0.05) is 24.3 Å². The number of nitrogens with one attached hydrogen (secondary N) is 2. The van der Waals surface area contributed by atoms with E-state index in [0.29, 0.717) is 44.4 Å². The lowest BCUT2D eigenvalue weighted by Crippen LogP contribution is -2.53. The van der Waals surface area contributed by atoms with Crippen LogP contribution < -0.4 is 20.3 Å². The van der Waals surface area contributed by atoms with Crippen molar-refractivity contribution in [3.05, 3.63) is 59.9 Å². The Hall–Kier alpha value is -3.29. The maximum absolute atomic E-state index is 14.0. The highest BCUT2D eigenvalue weighted by Crippen LogP contribution is 2.20. The summed E-state index contributed by atoms with van der Waals surface area (Å²) in [6.45, 7) is 3.35. The molecule has 0 aromatic heterocycles. The first-order chi connectivity index (χ1) is 14.6. The summed E-state index contributed by atoms with van der Waals surface area (Å²) in [4.78, 5) is 20.6. The smallest absolute Gasteiger partial charge is 0.239 e. The van der Waals surface area contributed by atoms with E-state index in [4.69, 9.17) is 4.74 Å². The zero-order valence-electron chi connectivity index (χ0n) is 17.4. The van der Waals surface area contributed by atoms with Crippen molar-refractivity contribution in [3.63, 3.8) is 0 Å². The van der Waals surface area contributed by atoms with Gasteiger partial charge < -0.3 is 25.2 Å². The summed E-state index contributed by atoms with van der Waals surface area (Å²) in [5, 5.41) is 6.00. The molecular weight excluding hydrogens is 385 g/mol. The van der Waals surface area contributed by atoms with Crippen LogP contribution in [0, 0.1) is 5.82 Å². The number of methoxy groups -OCH3 is 1. The highest BCUT2D eigenvalue weighted by molar-refractivity contribution is 5.86. The van der Waals surface area contributed by atoms with E-state index in [9.17, 15) is 9.18 Å². The summed E-state index contributed by atoms with van der Waals surface area (Å²) < 4.78 is 19.1. The summed E-state index contributed by atoms with van der Waals surface area (Å²) in [7, 11) is 3.32. The highest BCUT2D eigenvalue weighted by Gasteiger charge is 2.21. The number of hydrogen-bond donors (Lipinski definition) is 2. The van der Waals surface area contributed by atoms with Crippen molar-refractivity contribution >= 4 is 17.6 Å². The zero-order chi connectivity index (χ0) is 21.3. The molecule has 160 valence electrons. The number of carbonyl (C=O) groups is 1. The van der Waals surface area contributed by atoms with E-state index in [1.54, 1.807) is 26.3 Å².